The Kier molecular flexibility index (Phi) is 4.29. The molecule has 3 aromatic rings. The smallest absolute Gasteiger partial charge is 0.320 e. The summed E-state index contributed by atoms with van der Waals surface area (Å²) in [7, 11) is 1.38. The van der Waals surface area contributed by atoms with Crippen molar-refractivity contribution in [3.05, 3.63) is 93.0 Å². The van der Waals surface area contributed by atoms with Crippen LogP contribution in [0.5, 0.6) is 5.75 Å². The summed E-state index contributed by atoms with van der Waals surface area (Å²) in [5.74, 6) is -0.383. The summed E-state index contributed by atoms with van der Waals surface area (Å²) in [5.41, 5.74) is -0.148. The molecule has 0 aliphatic carbocycles. The Morgan fingerprint density at radius 3 is 2.42 bits per heavy atom. The molecule has 0 bridgehead atoms. The largest absolute Gasteiger partial charge is 0.494 e. The van der Waals surface area contributed by atoms with E-state index in [0.29, 0.717) is 11.3 Å². The van der Waals surface area contributed by atoms with Crippen molar-refractivity contribution < 1.29 is 9.13 Å². The number of methoxy groups -OCH3 is 1. The third-order valence-corrected chi connectivity index (χ3v) is 3.66. The van der Waals surface area contributed by atoms with Crippen molar-refractivity contribution in [1.82, 2.24) is 9.13 Å². The van der Waals surface area contributed by atoms with Gasteiger partial charge in [0, 0.05) is 18.1 Å². The number of halogens is 1. The van der Waals surface area contributed by atoms with Crippen LogP contribution in [0.4, 0.5) is 4.39 Å². The molecule has 0 fully saturated rings. The van der Waals surface area contributed by atoms with Crippen molar-refractivity contribution in [2.75, 3.05) is 7.11 Å². The quantitative estimate of drug-likeness (QED) is 0.691. The van der Waals surface area contributed by atoms with Gasteiger partial charge in [-0.15, -0.1) is 0 Å². The molecule has 0 unspecified atom stereocenters. The third-order valence-electron chi connectivity index (χ3n) is 3.66. The summed E-state index contributed by atoms with van der Waals surface area (Å²) in [6.45, 7) is 0.102. The van der Waals surface area contributed by atoms with Crippen LogP contribution in [-0.2, 0) is 6.54 Å². The lowest BCUT2D eigenvalue weighted by Crippen LogP contribution is -2.40. The highest BCUT2D eigenvalue weighted by atomic mass is 19.1. The van der Waals surface area contributed by atoms with Crippen molar-refractivity contribution in [2.24, 2.45) is 0 Å². The van der Waals surface area contributed by atoms with E-state index in [4.69, 9.17) is 4.74 Å². The molecule has 0 spiro atoms. The van der Waals surface area contributed by atoms with E-state index in [2.05, 4.69) is 0 Å². The molecule has 24 heavy (non-hydrogen) atoms. The van der Waals surface area contributed by atoms with E-state index in [1.807, 2.05) is 6.07 Å². The van der Waals surface area contributed by atoms with Crippen LogP contribution in [0.25, 0.3) is 5.69 Å². The Labute approximate surface area is 137 Å². The van der Waals surface area contributed by atoms with Crippen LogP contribution in [0.15, 0.2) is 70.5 Å². The molecule has 0 saturated heterocycles. The molecule has 1 aromatic heterocycles. The summed E-state index contributed by atoms with van der Waals surface area (Å²) in [5, 5.41) is 0. The van der Waals surface area contributed by atoms with E-state index in [-0.39, 0.29) is 12.3 Å². The van der Waals surface area contributed by atoms with Crippen LogP contribution in [0.1, 0.15) is 5.56 Å². The second-order valence-corrected chi connectivity index (χ2v) is 5.21. The van der Waals surface area contributed by atoms with E-state index in [1.54, 1.807) is 30.3 Å². The van der Waals surface area contributed by atoms with Crippen molar-refractivity contribution in [3.63, 3.8) is 0 Å². The molecule has 5 nitrogen and oxygen atoms in total. The van der Waals surface area contributed by atoms with Crippen LogP contribution in [0.3, 0.4) is 0 Å². The Bertz CT molecular complexity index is 978. The molecule has 0 N–H and O–H groups in total. The van der Waals surface area contributed by atoms with Gasteiger partial charge in [0.1, 0.15) is 0 Å². The van der Waals surface area contributed by atoms with Gasteiger partial charge in [0.25, 0.3) is 0 Å². The number of aromatic nitrogens is 2. The number of hydrogen-bond donors (Lipinski definition) is 0. The highest BCUT2D eigenvalue weighted by Gasteiger charge is 2.09. The normalized spacial score (nSPS) is 10.6. The van der Waals surface area contributed by atoms with E-state index in [9.17, 15) is 14.0 Å². The zero-order chi connectivity index (χ0) is 17.1. The predicted molar refractivity (Wildman–Crippen MR) is 88.4 cm³/mol. The molecule has 122 valence electrons. The predicted octanol–water partition coefficient (Wildman–Crippen LogP) is 2.20. The van der Waals surface area contributed by atoms with Gasteiger partial charge in [0.2, 0.25) is 0 Å². The first-order valence-electron chi connectivity index (χ1n) is 7.30. The summed E-state index contributed by atoms with van der Waals surface area (Å²) in [4.78, 5) is 24.6. The minimum absolute atomic E-state index is 0.102. The van der Waals surface area contributed by atoms with Gasteiger partial charge in [-0.05, 0) is 29.8 Å². The highest BCUT2D eigenvalue weighted by molar-refractivity contribution is 5.31. The van der Waals surface area contributed by atoms with Crippen molar-refractivity contribution >= 4 is 0 Å². The molecule has 2 aromatic carbocycles. The lowest BCUT2D eigenvalue weighted by molar-refractivity contribution is 0.386. The van der Waals surface area contributed by atoms with E-state index in [0.717, 1.165) is 0 Å². The van der Waals surface area contributed by atoms with E-state index >= 15 is 0 Å². The minimum Gasteiger partial charge on any atom is -0.494 e. The maximum absolute atomic E-state index is 13.7. The third kappa shape index (κ3) is 2.99. The van der Waals surface area contributed by atoms with Gasteiger partial charge in [0.15, 0.2) is 11.6 Å². The van der Waals surface area contributed by atoms with Crippen molar-refractivity contribution in [1.29, 1.82) is 0 Å². The fraction of sp³-hybridized carbons (Fsp3) is 0.111. The summed E-state index contributed by atoms with van der Waals surface area (Å²) < 4.78 is 21.1. The molecular weight excluding hydrogens is 311 g/mol. The molecule has 6 heteroatoms. The molecule has 0 aliphatic heterocycles. The number of para-hydroxylation sites is 1. The lowest BCUT2D eigenvalue weighted by atomic mass is 10.2. The van der Waals surface area contributed by atoms with Gasteiger partial charge in [-0.1, -0.05) is 24.3 Å². The fourth-order valence-corrected chi connectivity index (χ4v) is 2.43. The lowest BCUT2D eigenvalue weighted by Gasteiger charge is -2.10. The number of nitrogens with zero attached hydrogens (tertiary/aromatic N) is 2. The molecule has 0 saturated carbocycles. The Hall–Kier alpha value is -3.15. The fourth-order valence-electron chi connectivity index (χ4n) is 2.43. The first kappa shape index (κ1) is 15.7. The highest BCUT2D eigenvalue weighted by Crippen LogP contribution is 2.17. The molecule has 0 amide bonds. The molecule has 1 heterocycles. The first-order valence-corrected chi connectivity index (χ1v) is 7.30. The van der Waals surface area contributed by atoms with Crippen LogP contribution in [0.2, 0.25) is 0 Å². The molecule has 3 rings (SSSR count). The van der Waals surface area contributed by atoms with Crippen LogP contribution in [0, 0.1) is 5.82 Å². The van der Waals surface area contributed by atoms with Gasteiger partial charge >= 0.3 is 11.1 Å². The van der Waals surface area contributed by atoms with Gasteiger partial charge in [0.05, 0.1) is 13.7 Å². The maximum atomic E-state index is 13.7. The standard InChI is InChI=1S/C18H15FN2O3/c1-24-16-8-7-13(11-15(16)19)12-20-9-10-21(18(23)17(20)22)14-5-3-2-4-6-14/h2-11H,12H2,1H3. The molecule has 0 atom stereocenters. The summed E-state index contributed by atoms with van der Waals surface area (Å²) >= 11 is 0. The van der Waals surface area contributed by atoms with Crippen LogP contribution in [-0.4, -0.2) is 16.2 Å². The minimum atomic E-state index is -0.669. The van der Waals surface area contributed by atoms with Crippen molar-refractivity contribution in [3.8, 4) is 11.4 Å². The number of rotatable bonds is 4. The summed E-state index contributed by atoms with van der Waals surface area (Å²) in [6.07, 6.45) is 3.04. The first-order chi connectivity index (χ1) is 11.6. The zero-order valence-corrected chi connectivity index (χ0v) is 13.0. The van der Waals surface area contributed by atoms with Gasteiger partial charge in [-0.3, -0.25) is 14.2 Å². The van der Waals surface area contributed by atoms with Gasteiger partial charge < -0.3 is 9.30 Å². The number of benzene rings is 2. The average molecular weight is 326 g/mol. The topological polar surface area (TPSA) is 53.2 Å². The number of ether oxygens (including phenoxy) is 1. The van der Waals surface area contributed by atoms with Crippen LogP contribution < -0.4 is 15.9 Å². The summed E-state index contributed by atoms with van der Waals surface area (Å²) in [6, 6.07) is 13.3. The Balaban J connectivity index is 1.96. The van der Waals surface area contributed by atoms with Gasteiger partial charge in [-0.25, -0.2) is 4.39 Å². The molecule has 0 radical (unpaired) electrons. The second-order valence-electron chi connectivity index (χ2n) is 5.21. The maximum Gasteiger partial charge on any atom is 0.320 e. The Morgan fingerprint density at radius 1 is 1.00 bits per heavy atom. The SMILES string of the molecule is COc1ccc(Cn2ccn(-c3ccccc3)c(=O)c2=O)cc1F. The zero-order valence-electron chi connectivity index (χ0n) is 13.0. The van der Waals surface area contributed by atoms with Crippen LogP contribution >= 0.6 is 0 Å². The number of hydrogen-bond acceptors (Lipinski definition) is 3. The van der Waals surface area contributed by atoms with Crippen molar-refractivity contribution in [2.45, 2.75) is 6.54 Å². The van der Waals surface area contributed by atoms with Gasteiger partial charge in [-0.2, -0.15) is 0 Å². The molecule has 0 aliphatic rings. The molecular formula is C18H15FN2O3. The second kappa shape index (κ2) is 6.54. The Morgan fingerprint density at radius 2 is 1.75 bits per heavy atom. The monoisotopic (exact) mass is 326 g/mol. The van der Waals surface area contributed by atoms with E-state index in [1.165, 1.54) is 40.8 Å². The van der Waals surface area contributed by atoms with E-state index < -0.39 is 16.9 Å². The average Bonchev–Trinajstić information content (AvgIpc) is 2.60.